The van der Waals surface area contributed by atoms with Gasteiger partial charge in [-0.15, -0.1) is 0 Å². The summed E-state index contributed by atoms with van der Waals surface area (Å²) in [6.45, 7) is 1.97. The molecule has 0 aromatic carbocycles. The molecule has 4 atom stereocenters. The summed E-state index contributed by atoms with van der Waals surface area (Å²) in [5.41, 5.74) is -1.35. The quantitative estimate of drug-likeness (QED) is 0.157. The monoisotopic (exact) mass is 470 g/mol. The van der Waals surface area contributed by atoms with Gasteiger partial charge in [0.1, 0.15) is 6.10 Å². The maximum absolute atomic E-state index is 12.3. The Balaban J connectivity index is 1.51. The first-order valence-corrected chi connectivity index (χ1v) is 13.1. The van der Waals surface area contributed by atoms with Crippen LogP contribution in [0.15, 0.2) is 12.2 Å². The standard InChI is InChI=1S/C26H46O7/c1-2-3-4-5-6-7-8-9-10-11-12-13-14-15-16-17-23(29)33-24-22(28)20-32-26(24,30)25(21-27)18-19-31-25/h9-10,22,24,27-28,30H,2-8,11-21H2,1H3/b10-9-/t22-,24+,25+,26-/m0/s1. The maximum Gasteiger partial charge on any atom is 0.306 e. The third-order valence-corrected chi connectivity index (χ3v) is 6.90. The summed E-state index contributed by atoms with van der Waals surface area (Å²) < 4.78 is 16.1. The van der Waals surface area contributed by atoms with Gasteiger partial charge in [0, 0.05) is 12.8 Å². The maximum atomic E-state index is 12.3. The van der Waals surface area contributed by atoms with Gasteiger partial charge in [0.2, 0.25) is 5.79 Å². The number of ether oxygens (including phenoxy) is 3. The van der Waals surface area contributed by atoms with Crippen molar-refractivity contribution in [2.24, 2.45) is 0 Å². The van der Waals surface area contributed by atoms with E-state index in [0.29, 0.717) is 19.4 Å². The minimum atomic E-state index is -2.03. The molecule has 2 rings (SSSR count). The van der Waals surface area contributed by atoms with Crippen LogP contribution in [0.25, 0.3) is 0 Å². The third-order valence-electron chi connectivity index (χ3n) is 6.90. The number of carbonyl (C=O) groups excluding carboxylic acids is 1. The SMILES string of the molecule is CCCCCCCC/C=C\CCCCCCCC(=O)O[C@@H]1[C@@H](O)CO[C@]1(O)[C@]1(CO)CCO1. The lowest BCUT2D eigenvalue weighted by molar-refractivity contribution is -0.365. The van der Waals surface area contributed by atoms with Crippen LogP contribution < -0.4 is 0 Å². The topological polar surface area (TPSA) is 105 Å². The van der Waals surface area contributed by atoms with Crippen molar-refractivity contribution in [3.63, 3.8) is 0 Å². The Labute approximate surface area is 199 Å². The van der Waals surface area contributed by atoms with E-state index >= 15 is 0 Å². The van der Waals surface area contributed by atoms with Crippen molar-refractivity contribution >= 4 is 5.97 Å². The Morgan fingerprint density at radius 1 is 0.970 bits per heavy atom. The van der Waals surface area contributed by atoms with Crippen LogP contribution in [0.5, 0.6) is 0 Å². The normalized spacial score (nSPS) is 29.5. The molecule has 0 spiro atoms. The molecule has 192 valence electrons. The minimum Gasteiger partial charge on any atom is -0.454 e. The van der Waals surface area contributed by atoms with Crippen molar-refractivity contribution in [2.45, 2.75) is 127 Å². The highest BCUT2D eigenvalue weighted by molar-refractivity contribution is 5.69. The number of aliphatic hydroxyl groups is 3. The van der Waals surface area contributed by atoms with E-state index in [2.05, 4.69) is 19.1 Å². The predicted octanol–water partition coefficient (Wildman–Crippen LogP) is 4.17. The van der Waals surface area contributed by atoms with Gasteiger partial charge in [0.15, 0.2) is 11.7 Å². The second-order valence-electron chi connectivity index (χ2n) is 9.57. The fraction of sp³-hybridized carbons (Fsp3) is 0.885. The minimum absolute atomic E-state index is 0.174. The van der Waals surface area contributed by atoms with Gasteiger partial charge in [0.05, 0.1) is 19.8 Å². The van der Waals surface area contributed by atoms with Crippen molar-refractivity contribution in [3.8, 4) is 0 Å². The first kappa shape index (κ1) is 28.2. The van der Waals surface area contributed by atoms with E-state index in [4.69, 9.17) is 14.2 Å². The van der Waals surface area contributed by atoms with Crippen molar-refractivity contribution in [3.05, 3.63) is 12.2 Å². The molecule has 0 bridgehead atoms. The molecular weight excluding hydrogens is 424 g/mol. The molecule has 0 aromatic rings. The number of rotatable bonds is 18. The number of allylic oxidation sites excluding steroid dienone is 2. The Bertz CT molecular complexity index is 569. The van der Waals surface area contributed by atoms with Crippen LogP contribution in [0.2, 0.25) is 0 Å². The number of aliphatic hydroxyl groups excluding tert-OH is 2. The number of hydrogen-bond donors (Lipinski definition) is 3. The third kappa shape index (κ3) is 8.32. The van der Waals surface area contributed by atoms with Crippen LogP contribution in [0, 0.1) is 0 Å². The lowest BCUT2D eigenvalue weighted by Crippen LogP contribution is -2.69. The van der Waals surface area contributed by atoms with Crippen LogP contribution in [0.1, 0.15) is 103 Å². The van der Waals surface area contributed by atoms with Crippen molar-refractivity contribution in [1.82, 2.24) is 0 Å². The molecule has 0 saturated carbocycles. The highest BCUT2D eigenvalue weighted by atomic mass is 16.7. The Morgan fingerprint density at radius 3 is 2.09 bits per heavy atom. The lowest BCUT2D eigenvalue weighted by atomic mass is 9.82. The van der Waals surface area contributed by atoms with Crippen LogP contribution in [-0.2, 0) is 19.0 Å². The average Bonchev–Trinajstić information content (AvgIpc) is 3.05. The predicted molar refractivity (Wildman–Crippen MR) is 127 cm³/mol. The van der Waals surface area contributed by atoms with Gasteiger partial charge in [-0.2, -0.15) is 0 Å². The Hall–Kier alpha value is -0.990. The van der Waals surface area contributed by atoms with E-state index < -0.39 is 36.2 Å². The van der Waals surface area contributed by atoms with Gasteiger partial charge >= 0.3 is 5.97 Å². The molecular formula is C26H46O7. The van der Waals surface area contributed by atoms with Gasteiger partial charge in [-0.1, -0.05) is 70.4 Å². The second-order valence-corrected chi connectivity index (χ2v) is 9.57. The zero-order valence-corrected chi connectivity index (χ0v) is 20.5. The van der Waals surface area contributed by atoms with Crippen LogP contribution in [0.3, 0.4) is 0 Å². The molecule has 2 saturated heterocycles. The zero-order valence-electron chi connectivity index (χ0n) is 20.5. The second kappa shape index (κ2) is 15.1. The fourth-order valence-corrected chi connectivity index (χ4v) is 4.60. The smallest absolute Gasteiger partial charge is 0.306 e. The largest absolute Gasteiger partial charge is 0.454 e. The van der Waals surface area contributed by atoms with Gasteiger partial charge < -0.3 is 29.5 Å². The summed E-state index contributed by atoms with van der Waals surface area (Å²) >= 11 is 0. The number of hydrogen-bond acceptors (Lipinski definition) is 7. The summed E-state index contributed by atoms with van der Waals surface area (Å²) in [7, 11) is 0. The first-order valence-electron chi connectivity index (χ1n) is 13.1. The van der Waals surface area contributed by atoms with Gasteiger partial charge in [-0.3, -0.25) is 4.79 Å². The molecule has 2 fully saturated rings. The molecule has 0 unspecified atom stereocenters. The molecule has 2 aliphatic heterocycles. The van der Waals surface area contributed by atoms with Crippen LogP contribution in [-0.4, -0.2) is 64.7 Å². The van der Waals surface area contributed by atoms with E-state index in [0.717, 1.165) is 25.7 Å². The summed E-state index contributed by atoms with van der Waals surface area (Å²) in [5.74, 6) is -2.51. The summed E-state index contributed by atoms with van der Waals surface area (Å²) in [6, 6.07) is 0. The van der Waals surface area contributed by atoms with E-state index in [9.17, 15) is 20.1 Å². The van der Waals surface area contributed by atoms with E-state index in [1.165, 1.54) is 51.4 Å². The van der Waals surface area contributed by atoms with Crippen molar-refractivity contribution < 1.29 is 34.3 Å². The van der Waals surface area contributed by atoms with Gasteiger partial charge in [-0.05, 0) is 32.1 Å². The Morgan fingerprint density at radius 2 is 1.55 bits per heavy atom. The first-order chi connectivity index (χ1) is 16.0. The lowest BCUT2D eigenvalue weighted by Gasteiger charge is -2.50. The van der Waals surface area contributed by atoms with Crippen molar-refractivity contribution in [2.75, 3.05) is 19.8 Å². The molecule has 7 nitrogen and oxygen atoms in total. The molecule has 2 heterocycles. The molecule has 0 aromatic heterocycles. The van der Waals surface area contributed by atoms with E-state index in [1.54, 1.807) is 0 Å². The molecule has 0 radical (unpaired) electrons. The zero-order chi connectivity index (χ0) is 24.0. The van der Waals surface area contributed by atoms with Gasteiger partial charge in [-0.25, -0.2) is 0 Å². The fourth-order valence-electron chi connectivity index (χ4n) is 4.60. The van der Waals surface area contributed by atoms with E-state index in [1.807, 2.05) is 0 Å². The summed E-state index contributed by atoms with van der Waals surface area (Å²) in [5, 5.41) is 30.7. The summed E-state index contributed by atoms with van der Waals surface area (Å²) in [4.78, 5) is 12.3. The van der Waals surface area contributed by atoms with E-state index in [-0.39, 0.29) is 13.0 Å². The van der Waals surface area contributed by atoms with Crippen molar-refractivity contribution in [1.29, 1.82) is 0 Å². The highest BCUT2D eigenvalue weighted by Crippen LogP contribution is 2.44. The molecule has 7 heteroatoms. The van der Waals surface area contributed by atoms with Crippen LogP contribution >= 0.6 is 0 Å². The molecule has 2 aliphatic rings. The molecule has 0 aliphatic carbocycles. The number of esters is 1. The number of carbonyl (C=O) groups is 1. The summed E-state index contributed by atoms with van der Waals surface area (Å²) in [6.07, 6.45) is 18.2. The molecule has 33 heavy (non-hydrogen) atoms. The average molecular weight is 471 g/mol. The highest BCUT2D eigenvalue weighted by Gasteiger charge is 2.67. The molecule has 0 amide bonds. The van der Waals surface area contributed by atoms with Gasteiger partial charge in [0.25, 0.3) is 0 Å². The molecule has 3 N–H and O–H groups in total. The van der Waals surface area contributed by atoms with Crippen LogP contribution in [0.4, 0.5) is 0 Å². The Kier molecular flexibility index (Phi) is 12.9. The number of unbranched alkanes of at least 4 members (excludes halogenated alkanes) is 11.